The topological polar surface area (TPSA) is 42.8 Å². The summed E-state index contributed by atoms with van der Waals surface area (Å²) >= 11 is 0. The average molecular weight is 339 g/mol. The van der Waals surface area contributed by atoms with Gasteiger partial charge >= 0.3 is 0 Å². The summed E-state index contributed by atoms with van der Waals surface area (Å²) in [6.45, 7) is 0. The standard InChI is InChI=1S/C22H17N3O/c1-26-17-13-11-16(12-14-17)25-22-20(18-9-5-6-10-19(18)23-22)21(24-25)15-7-3-2-4-8-15/h2-14,23H,1H3. The highest BCUT2D eigenvalue weighted by atomic mass is 16.5. The summed E-state index contributed by atoms with van der Waals surface area (Å²) in [6.07, 6.45) is 0. The fourth-order valence-corrected chi connectivity index (χ4v) is 3.43. The van der Waals surface area contributed by atoms with Gasteiger partial charge in [-0.3, -0.25) is 0 Å². The Balaban J connectivity index is 1.84. The fraction of sp³-hybridized carbons (Fsp3) is 0.0455. The lowest BCUT2D eigenvalue weighted by atomic mass is 10.1. The second-order valence-electron chi connectivity index (χ2n) is 6.22. The van der Waals surface area contributed by atoms with Gasteiger partial charge in [-0.25, -0.2) is 4.68 Å². The number of para-hydroxylation sites is 1. The zero-order valence-corrected chi connectivity index (χ0v) is 14.3. The van der Waals surface area contributed by atoms with Crippen molar-refractivity contribution in [1.82, 2.24) is 14.8 Å². The third-order valence-electron chi connectivity index (χ3n) is 4.70. The Hall–Kier alpha value is -3.53. The predicted molar refractivity (Wildman–Crippen MR) is 105 cm³/mol. The van der Waals surface area contributed by atoms with E-state index in [1.165, 1.54) is 5.39 Å². The molecule has 0 bridgehead atoms. The lowest BCUT2D eigenvalue weighted by Gasteiger charge is -2.04. The highest BCUT2D eigenvalue weighted by molar-refractivity contribution is 6.12. The molecular formula is C22H17N3O. The first kappa shape index (κ1) is 14.8. The molecule has 26 heavy (non-hydrogen) atoms. The minimum atomic E-state index is 0.831. The largest absolute Gasteiger partial charge is 0.497 e. The molecule has 0 aliphatic rings. The number of H-pyrrole nitrogens is 1. The first-order chi connectivity index (χ1) is 12.8. The van der Waals surface area contributed by atoms with Gasteiger partial charge in [0.05, 0.1) is 18.2 Å². The molecule has 2 aromatic heterocycles. The molecule has 5 rings (SSSR count). The molecule has 0 amide bonds. The summed E-state index contributed by atoms with van der Waals surface area (Å²) in [7, 11) is 1.67. The second kappa shape index (κ2) is 5.77. The van der Waals surface area contributed by atoms with Gasteiger partial charge in [0, 0.05) is 16.5 Å². The van der Waals surface area contributed by atoms with E-state index < -0.39 is 0 Å². The number of ether oxygens (including phenoxy) is 1. The number of benzene rings is 3. The number of nitrogens with one attached hydrogen (secondary N) is 1. The van der Waals surface area contributed by atoms with Crippen LogP contribution in [0.4, 0.5) is 0 Å². The van der Waals surface area contributed by atoms with Gasteiger partial charge in [-0.1, -0.05) is 48.5 Å². The number of hydrogen-bond donors (Lipinski definition) is 1. The molecule has 0 aliphatic heterocycles. The van der Waals surface area contributed by atoms with Crippen LogP contribution in [0.5, 0.6) is 5.75 Å². The molecule has 0 radical (unpaired) electrons. The molecule has 0 atom stereocenters. The molecule has 0 aliphatic carbocycles. The van der Waals surface area contributed by atoms with Crippen LogP contribution in [0.15, 0.2) is 78.9 Å². The summed E-state index contributed by atoms with van der Waals surface area (Å²) in [5, 5.41) is 7.26. The summed E-state index contributed by atoms with van der Waals surface area (Å²) in [5.74, 6) is 0.831. The van der Waals surface area contributed by atoms with Crippen LogP contribution in [0.2, 0.25) is 0 Å². The number of nitrogens with zero attached hydrogens (tertiary/aromatic N) is 2. The van der Waals surface area contributed by atoms with Gasteiger partial charge in [0.15, 0.2) is 0 Å². The van der Waals surface area contributed by atoms with E-state index in [1.807, 2.05) is 53.2 Å². The van der Waals surface area contributed by atoms with Crippen LogP contribution in [-0.4, -0.2) is 21.9 Å². The van der Waals surface area contributed by atoms with Crippen molar-refractivity contribution in [2.24, 2.45) is 0 Å². The van der Waals surface area contributed by atoms with Crippen LogP contribution in [0.25, 0.3) is 38.9 Å². The van der Waals surface area contributed by atoms with E-state index >= 15 is 0 Å². The quantitative estimate of drug-likeness (QED) is 0.492. The Morgan fingerprint density at radius 2 is 1.58 bits per heavy atom. The SMILES string of the molecule is COc1ccc(-n2nc(-c3ccccc3)c3c4ccccc4[nH]c32)cc1. The van der Waals surface area contributed by atoms with Crippen molar-refractivity contribution in [3.05, 3.63) is 78.9 Å². The molecule has 0 spiro atoms. The number of aromatic nitrogens is 3. The van der Waals surface area contributed by atoms with Crippen molar-refractivity contribution < 1.29 is 4.74 Å². The maximum atomic E-state index is 5.28. The van der Waals surface area contributed by atoms with Gasteiger partial charge < -0.3 is 9.72 Å². The van der Waals surface area contributed by atoms with E-state index in [4.69, 9.17) is 9.84 Å². The van der Waals surface area contributed by atoms with E-state index in [9.17, 15) is 0 Å². The number of fused-ring (bicyclic) bond motifs is 3. The van der Waals surface area contributed by atoms with Crippen molar-refractivity contribution in [2.75, 3.05) is 7.11 Å². The van der Waals surface area contributed by atoms with Crippen molar-refractivity contribution in [2.45, 2.75) is 0 Å². The lowest BCUT2D eigenvalue weighted by Crippen LogP contribution is -1.97. The molecule has 4 heteroatoms. The molecule has 1 N–H and O–H groups in total. The van der Waals surface area contributed by atoms with E-state index in [2.05, 4.69) is 35.3 Å². The van der Waals surface area contributed by atoms with Crippen LogP contribution in [-0.2, 0) is 0 Å². The highest BCUT2D eigenvalue weighted by Gasteiger charge is 2.18. The van der Waals surface area contributed by atoms with Crippen molar-refractivity contribution in [1.29, 1.82) is 0 Å². The molecule has 3 aromatic carbocycles. The Bertz CT molecular complexity index is 1200. The zero-order valence-electron chi connectivity index (χ0n) is 14.3. The maximum absolute atomic E-state index is 5.28. The third kappa shape index (κ3) is 2.19. The van der Waals surface area contributed by atoms with Crippen molar-refractivity contribution in [3.63, 3.8) is 0 Å². The summed E-state index contributed by atoms with van der Waals surface area (Å²) in [6, 6.07) is 26.6. The van der Waals surface area contributed by atoms with Gasteiger partial charge in [0.1, 0.15) is 17.1 Å². The number of aromatic amines is 1. The Labute approximate surface area is 150 Å². The molecule has 0 saturated heterocycles. The fourth-order valence-electron chi connectivity index (χ4n) is 3.43. The molecule has 0 unspecified atom stereocenters. The Kier molecular flexibility index (Phi) is 3.28. The molecule has 126 valence electrons. The molecule has 5 aromatic rings. The monoisotopic (exact) mass is 339 g/mol. The smallest absolute Gasteiger partial charge is 0.142 e. The predicted octanol–water partition coefficient (Wildman–Crippen LogP) is 5.18. The average Bonchev–Trinajstić information content (AvgIpc) is 3.26. The van der Waals surface area contributed by atoms with E-state index in [1.54, 1.807) is 7.11 Å². The molecule has 4 nitrogen and oxygen atoms in total. The maximum Gasteiger partial charge on any atom is 0.142 e. The number of methoxy groups -OCH3 is 1. The van der Waals surface area contributed by atoms with Gasteiger partial charge in [-0.15, -0.1) is 0 Å². The van der Waals surface area contributed by atoms with Crippen LogP contribution in [0.1, 0.15) is 0 Å². The molecule has 0 saturated carbocycles. The van der Waals surface area contributed by atoms with Gasteiger partial charge in [-0.2, -0.15) is 5.10 Å². The first-order valence-corrected chi connectivity index (χ1v) is 8.54. The summed E-state index contributed by atoms with van der Waals surface area (Å²) in [5.41, 5.74) is 5.18. The summed E-state index contributed by atoms with van der Waals surface area (Å²) in [4.78, 5) is 3.53. The lowest BCUT2D eigenvalue weighted by molar-refractivity contribution is 0.414. The normalized spacial score (nSPS) is 11.3. The minimum Gasteiger partial charge on any atom is -0.497 e. The van der Waals surface area contributed by atoms with E-state index in [-0.39, 0.29) is 0 Å². The van der Waals surface area contributed by atoms with Gasteiger partial charge in [0.2, 0.25) is 0 Å². The summed E-state index contributed by atoms with van der Waals surface area (Å²) < 4.78 is 7.25. The molecular weight excluding hydrogens is 322 g/mol. The van der Waals surface area contributed by atoms with E-state index in [0.717, 1.165) is 39.2 Å². The third-order valence-corrected chi connectivity index (χ3v) is 4.70. The van der Waals surface area contributed by atoms with Crippen LogP contribution < -0.4 is 4.74 Å². The van der Waals surface area contributed by atoms with E-state index in [0.29, 0.717) is 0 Å². The highest BCUT2D eigenvalue weighted by Crippen LogP contribution is 2.35. The Morgan fingerprint density at radius 1 is 0.846 bits per heavy atom. The number of rotatable bonds is 3. The van der Waals surface area contributed by atoms with Crippen LogP contribution >= 0.6 is 0 Å². The van der Waals surface area contributed by atoms with Crippen molar-refractivity contribution >= 4 is 21.9 Å². The Morgan fingerprint density at radius 3 is 2.35 bits per heavy atom. The number of hydrogen-bond acceptors (Lipinski definition) is 2. The first-order valence-electron chi connectivity index (χ1n) is 8.54. The van der Waals surface area contributed by atoms with Crippen molar-refractivity contribution in [3.8, 4) is 22.7 Å². The second-order valence-corrected chi connectivity index (χ2v) is 6.22. The van der Waals surface area contributed by atoms with Gasteiger partial charge in [-0.05, 0) is 30.3 Å². The van der Waals surface area contributed by atoms with Gasteiger partial charge in [0.25, 0.3) is 0 Å². The molecule has 2 heterocycles. The molecule has 0 fully saturated rings. The minimum absolute atomic E-state index is 0.831. The van der Waals surface area contributed by atoms with Crippen LogP contribution in [0.3, 0.4) is 0 Å². The zero-order chi connectivity index (χ0) is 17.5. The van der Waals surface area contributed by atoms with Crippen LogP contribution in [0, 0.1) is 0 Å².